The number of nitrogens with one attached hydrogen (secondary N) is 1. The summed E-state index contributed by atoms with van der Waals surface area (Å²) in [4.78, 5) is 29.7. The molecule has 8 heteroatoms. The van der Waals surface area contributed by atoms with Crippen LogP contribution in [-0.2, 0) is 13.0 Å². The molecule has 0 fully saturated rings. The Morgan fingerprint density at radius 2 is 2.21 bits per heavy atom. The van der Waals surface area contributed by atoms with Crippen LogP contribution in [0.15, 0.2) is 35.3 Å². The van der Waals surface area contributed by atoms with Crippen molar-refractivity contribution in [2.24, 2.45) is 0 Å². The Bertz CT molecular complexity index is 1160. The molecule has 1 atom stereocenters. The van der Waals surface area contributed by atoms with Crippen molar-refractivity contribution in [2.75, 3.05) is 0 Å². The molecule has 2 N–H and O–H groups in total. The van der Waals surface area contributed by atoms with E-state index in [1.807, 2.05) is 6.92 Å². The first-order valence-corrected chi connectivity index (χ1v) is 9.23. The molecule has 0 spiro atoms. The maximum atomic E-state index is 14.0. The molecule has 144 valence electrons. The number of carbonyl (C=O) groups excluding carboxylic acids is 1. The van der Waals surface area contributed by atoms with E-state index >= 15 is 0 Å². The monoisotopic (exact) mass is 401 g/mol. The Kier molecular flexibility index (Phi) is 4.55. The summed E-state index contributed by atoms with van der Waals surface area (Å²) in [6.45, 7) is 1.97. The van der Waals surface area contributed by atoms with Crippen LogP contribution in [-0.4, -0.2) is 20.6 Å². The lowest BCUT2D eigenvalue weighted by Crippen LogP contribution is -2.36. The maximum Gasteiger partial charge on any atom is 0.267 e. The molecule has 2 aromatic heterocycles. The van der Waals surface area contributed by atoms with E-state index in [1.165, 1.54) is 16.8 Å². The van der Waals surface area contributed by atoms with E-state index in [1.54, 1.807) is 12.1 Å². The van der Waals surface area contributed by atoms with Crippen LogP contribution in [0.2, 0.25) is 5.15 Å². The second-order valence-electron chi connectivity index (χ2n) is 6.92. The number of benzene rings is 1. The Balaban J connectivity index is 1.80. The first kappa shape index (κ1) is 18.4. The van der Waals surface area contributed by atoms with Gasteiger partial charge in [0.05, 0.1) is 5.52 Å². The van der Waals surface area contributed by atoms with Crippen LogP contribution in [0.4, 0.5) is 4.39 Å². The van der Waals surface area contributed by atoms with Crippen molar-refractivity contribution in [3.05, 3.63) is 68.5 Å². The lowest BCUT2D eigenvalue weighted by molar-refractivity contribution is 0.0946. The number of carbonyl (C=O) groups is 1. The zero-order valence-electron chi connectivity index (χ0n) is 15.0. The van der Waals surface area contributed by atoms with Crippen LogP contribution in [0.25, 0.3) is 10.9 Å². The van der Waals surface area contributed by atoms with E-state index in [0.717, 1.165) is 6.07 Å². The minimum Gasteiger partial charge on any atom is -0.506 e. The lowest BCUT2D eigenvalue weighted by Gasteiger charge is -2.26. The number of hydrogen-bond donors (Lipinski definition) is 2. The first-order chi connectivity index (χ1) is 13.4. The van der Waals surface area contributed by atoms with Gasteiger partial charge in [0.15, 0.2) is 0 Å². The fourth-order valence-corrected chi connectivity index (χ4v) is 3.78. The summed E-state index contributed by atoms with van der Waals surface area (Å²) < 4.78 is 15.5. The Morgan fingerprint density at radius 3 is 2.93 bits per heavy atom. The highest BCUT2D eigenvalue weighted by Gasteiger charge is 2.28. The third-order valence-electron chi connectivity index (χ3n) is 5.06. The quantitative estimate of drug-likeness (QED) is 0.659. The SMILES string of the molecule is CC1CCc2cc(F)cc3c(O)c(C(=O)NCc4ccc(Cl)nc4)c(=O)n1c23. The van der Waals surface area contributed by atoms with Gasteiger partial charge in [0.2, 0.25) is 0 Å². The van der Waals surface area contributed by atoms with Gasteiger partial charge in [0.1, 0.15) is 22.3 Å². The van der Waals surface area contributed by atoms with E-state index in [9.17, 15) is 19.1 Å². The maximum absolute atomic E-state index is 14.0. The summed E-state index contributed by atoms with van der Waals surface area (Å²) in [5.74, 6) is -1.75. The number of aromatic hydroxyl groups is 1. The van der Waals surface area contributed by atoms with Gasteiger partial charge in [-0.05, 0) is 49.1 Å². The zero-order chi connectivity index (χ0) is 20.0. The number of nitrogens with zero attached hydrogens (tertiary/aromatic N) is 2. The predicted octanol–water partition coefficient (Wildman–Crippen LogP) is 3.33. The zero-order valence-corrected chi connectivity index (χ0v) is 15.8. The smallest absolute Gasteiger partial charge is 0.267 e. The van der Waals surface area contributed by atoms with Crippen LogP contribution in [0.1, 0.15) is 40.9 Å². The Labute approximate surface area is 164 Å². The van der Waals surface area contributed by atoms with Crippen LogP contribution in [0, 0.1) is 5.82 Å². The number of amides is 1. The minimum atomic E-state index is -0.730. The van der Waals surface area contributed by atoms with Crippen molar-refractivity contribution in [3.8, 4) is 5.75 Å². The second-order valence-corrected chi connectivity index (χ2v) is 7.31. The molecule has 3 aromatic rings. The molecule has 3 heterocycles. The fourth-order valence-electron chi connectivity index (χ4n) is 3.67. The highest BCUT2D eigenvalue weighted by molar-refractivity contribution is 6.29. The summed E-state index contributed by atoms with van der Waals surface area (Å²) in [5, 5.41) is 13.7. The predicted molar refractivity (Wildman–Crippen MR) is 103 cm³/mol. The Morgan fingerprint density at radius 1 is 1.43 bits per heavy atom. The molecule has 6 nitrogen and oxygen atoms in total. The molecular formula is C20H17ClFN3O3. The average Bonchev–Trinajstić information content (AvgIpc) is 2.66. The van der Waals surface area contributed by atoms with E-state index in [4.69, 9.17) is 11.6 Å². The normalized spacial score (nSPS) is 15.6. The molecule has 0 saturated heterocycles. The van der Waals surface area contributed by atoms with Gasteiger partial charge in [-0.15, -0.1) is 0 Å². The minimum absolute atomic E-state index is 0.101. The van der Waals surface area contributed by atoms with Crippen molar-refractivity contribution < 1.29 is 14.3 Å². The molecule has 0 saturated carbocycles. The molecule has 0 bridgehead atoms. The third-order valence-corrected chi connectivity index (χ3v) is 5.28. The highest BCUT2D eigenvalue weighted by atomic mass is 35.5. The molecule has 1 amide bonds. The molecule has 1 unspecified atom stereocenters. The van der Waals surface area contributed by atoms with E-state index in [0.29, 0.717) is 34.6 Å². The van der Waals surface area contributed by atoms with Gasteiger partial charge in [-0.1, -0.05) is 17.7 Å². The Hall–Kier alpha value is -2.93. The van der Waals surface area contributed by atoms with Crippen LogP contribution in [0.3, 0.4) is 0 Å². The molecule has 4 rings (SSSR count). The standard InChI is InChI=1S/C20H17ClFN3O3/c1-10-2-4-12-6-13(22)7-14-17(12)25(10)20(28)16(18(14)26)19(27)24-9-11-3-5-15(21)23-8-11/h3,5-8,10,26H,2,4,9H2,1H3,(H,24,27). The van der Waals surface area contributed by atoms with Crippen molar-refractivity contribution in [1.29, 1.82) is 0 Å². The van der Waals surface area contributed by atoms with E-state index < -0.39 is 23.0 Å². The molecule has 28 heavy (non-hydrogen) atoms. The summed E-state index contributed by atoms with van der Waals surface area (Å²) in [7, 11) is 0. The summed E-state index contributed by atoms with van der Waals surface area (Å²) in [6.07, 6.45) is 2.75. The lowest BCUT2D eigenvalue weighted by atomic mass is 9.95. The fraction of sp³-hybridized carbons (Fsp3) is 0.250. The molecular weight excluding hydrogens is 385 g/mol. The first-order valence-electron chi connectivity index (χ1n) is 8.85. The molecule has 0 radical (unpaired) electrons. The van der Waals surface area contributed by atoms with Crippen molar-refractivity contribution >= 4 is 28.4 Å². The summed E-state index contributed by atoms with van der Waals surface area (Å²) in [6, 6.07) is 5.64. The number of hydrogen-bond acceptors (Lipinski definition) is 4. The van der Waals surface area contributed by atoms with Gasteiger partial charge >= 0.3 is 0 Å². The summed E-state index contributed by atoms with van der Waals surface area (Å²) >= 11 is 5.74. The van der Waals surface area contributed by atoms with Gasteiger partial charge in [-0.2, -0.15) is 0 Å². The molecule has 0 aliphatic carbocycles. The largest absolute Gasteiger partial charge is 0.506 e. The third kappa shape index (κ3) is 3.01. The van der Waals surface area contributed by atoms with E-state index in [-0.39, 0.29) is 23.5 Å². The highest BCUT2D eigenvalue weighted by Crippen LogP contribution is 2.35. The van der Waals surface area contributed by atoms with Crippen molar-refractivity contribution in [1.82, 2.24) is 14.9 Å². The van der Waals surface area contributed by atoms with Gasteiger partial charge in [-0.25, -0.2) is 9.37 Å². The number of aryl methyl sites for hydroxylation is 1. The number of pyridine rings is 2. The molecule has 1 aliphatic heterocycles. The topological polar surface area (TPSA) is 84.2 Å². The van der Waals surface area contributed by atoms with Gasteiger partial charge in [0, 0.05) is 24.2 Å². The number of halogens is 2. The number of rotatable bonds is 3. The van der Waals surface area contributed by atoms with Crippen LogP contribution >= 0.6 is 11.6 Å². The van der Waals surface area contributed by atoms with Gasteiger partial charge in [0.25, 0.3) is 11.5 Å². The van der Waals surface area contributed by atoms with E-state index in [2.05, 4.69) is 10.3 Å². The van der Waals surface area contributed by atoms with Crippen molar-refractivity contribution in [2.45, 2.75) is 32.4 Å². The van der Waals surface area contributed by atoms with Gasteiger partial charge < -0.3 is 15.0 Å². The van der Waals surface area contributed by atoms with Crippen LogP contribution < -0.4 is 10.9 Å². The molecule has 1 aromatic carbocycles. The second kappa shape index (κ2) is 6.91. The van der Waals surface area contributed by atoms with Crippen molar-refractivity contribution in [3.63, 3.8) is 0 Å². The van der Waals surface area contributed by atoms with Crippen LogP contribution in [0.5, 0.6) is 5.75 Å². The molecule has 1 aliphatic rings. The number of aromatic nitrogens is 2. The van der Waals surface area contributed by atoms with Gasteiger partial charge in [-0.3, -0.25) is 9.59 Å². The average molecular weight is 402 g/mol. The summed E-state index contributed by atoms with van der Waals surface area (Å²) in [5.41, 5.74) is 0.846.